The van der Waals surface area contributed by atoms with Gasteiger partial charge in [-0.3, -0.25) is 15.5 Å². The summed E-state index contributed by atoms with van der Waals surface area (Å²) in [6.45, 7) is 1.65. The van der Waals surface area contributed by atoms with E-state index in [9.17, 15) is 4.79 Å². The topological polar surface area (TPSA) is 128 Å². The Kier molecular flexibility index (Phi) is 9.42. The van der Waals surface area contributed by atoms with Crippen LogP contribution in [0.1, 0.15) is 22.3 Å². The molecule has 0 saturated carbocycles. The first-order chi connectivity index (χ1) is 16.9. The number of hydrogen-bond donors (Lipinski definition) is 5. The van der Waals surface area contributed by atoms with Gasteiger partial charge in [0.25, 0.3) is 5.91 Å². The fraction of sp³-hybridized carbons (Fsp3) is 0.240. The van der Waals surface area contributed by atoms with E-state index in [4.69, 9.17) is 27.5 Å². The Bertz CT molecular complexity index is 1140. The molecule has 0 unspecified atom stereocenters. The number of hydrogen-bond acceptors (Lipinski definition) is 7. The van der Waals surface area contributed by atoms with Crippen molar-refractivity contribution in [2.45, 2.75) is 6.42 Å². The zero-order valence-corrected chi connectivity index (χ0v) is 20.5. The molecule has 1 heterocycles. The summed E-state index contributed by atoms with van der Waals surface area (Å²) >= 11 is 5.90. The first-order valence-electron chi connectivity index (χ1n) is 11.1. The van der Waals surface area contributed by atoms with E-state index in [-0.39, 0.29) is 5.91 Å². The summed E-state index contributed by atoms with van der Waals surface area (Å²) in [5.41, 5.74) is 8.04. The van der Waals surface area contributed by atoms with Gasteiger partial charge >= 0.3 is 0 Å². The summed E-state index contributed by atoms with van der Waals surface area (Å²) in [5.74, 6) is 0.981. The average molecular weight is 496 g/mol. The number of pyridine rings is 1. The summed E-state index contributed by atoms with van der Waals surface area (Å²) in [4.78, 5) is 19.0. The minimum Gasteiger partial charge on any atom is -0.478 e. The Balaban J connectivity index is 1.81. The molecule has 9 nitrogen and oxygen atoms in total. The summed E-state index contributed by atoms with van der Waals surface area (Å²) < 4.78 is 5.76. The zero-order valence-electron chi connectivity index (χ0n) is 19.8. The molecule has 0 saturated heterocycles. The lowest BCUT2D eigenvalue weighted by atomic mass is 10.1. The van der Waals surface area contributed by atoms with Gasteiger partial charge in [-0.1, -0.05) is 11.6 Å². The largest absolute Gasteiger partial charge is 0.478 e. The number of nitrogens with zero attached hydrogens (tertiary/aromatic N) is 2. The smallest absolute Gasteiger partial charge is 0.259 e. The van der Waals surface area contributed by atoms with Gasteiger partial charge in [-0.25, -0.2) is 4.98 Å². The van der Waals surface area contributed by atoms with Gasteiger partial charge < -0.3 is 26.0 Å². The van der Waals surface area contributed by atoms with Crippen LogP contribution in [0.15, 0.2) is 60.8 Å². The van der Waals surface area contributed by atoms with Crippen LogP contribution < -0.4 is 26.4 Å². The number of aromatic nitrogens is 1. The average Bonchev–Trinajstić information content (AvgIpc) is 2.86. The van der Waals surface area contributed by atoms with E-state index >= 15 is 0 Å². The monoisotopic (exact) mass is 495 g/mol. The second-order valence-corrected chi connectivity index (χ2v) is 8.34. The minimum absolute atomic E-state index is 0.297. The standard InChI is InChI=1S/C25H30ClN7O2/c1-33(2)24(28)17-4-7-19(8-5-17)31-22-10-9-20(35-16-29-13-3-12-27)14-21(22)25(34)32-23-11-6-18(26)15-30-23/h4-11,14-15,28-29,31H,3,12-13,16,27H2,1-2H3,(H,30,32,34). The van der Waals surface area contributed by atoms with E-state index in [2.05, 4.69) is 20.9 Å². The number of anilines is 3. The Morgan fingerprint density at radius 2 is 1.91 bits per heavy atom. The molecule has 0 aliphatic carbocycles. The Morgan fingerprint density at radius 1 is 1.14 bits per heavy atom. The number of amidine groups is 1. The van der Waals surface area contributed by atoms with Crippen LogP contribution >= 0.6 is 11.6 Å². The summed E-state index contributed by atoms with van der Waals surface area (Å²) in [7, 11) is 3.65. The highest BCUT2D eigenvalue weighted by atomic mass is 35.5. The maximum absolute atomic E-state index is 13.2. The maximum atomic E-state index is 13.2. The van der Waals surface area contributed by atoms with Crippen LogP contribution in [0.5, 0.6) is 5.75 Å². The number of halogens is 1. The van der Waals surface area contributed by atoms with Crippen molar-refractivity contribution in [2.24, 2.45) is 5.73 Å². The number of nitrogens with two attached hydrogens (primary N) is 1. The molecular weight excluding hydrogens is 466 g/mol. The summed E-state index contributed by atoms with van der Waals surface area (Å²) in [6.07, 6.45) is 2.32. The highest BCUT2D eigenvalue weighted by molar-refractivity contribution is 6.30. The first kappa shape index (κ1) is 26.0. The van der Waals surface area contributed by atoms with Crippen molar-refractivity contribution in [1.29, 1.82) is 5.41 Å². The SMILES string of the molecule is CN(C)C(=N)c1ccc(Nc2ccc(OCNCCCN)cc2C(=O)Nc2ccc(Cl)cn2)cc1. The van der Waals surface area contributed by atoms with Gasteiger partial charge in [0.1, 0.15) is 24.1 Å². The minimum atomic E-state index is -0.352. The third-order valence-corrected chi connectivity index (χ3v) is 5.21. The number of amides is 1. The van der Waals surface area contributed by atoms with Crippen molar-refractivity contribution in [3.63, 3.8) is 0 Å². The van der Waals surface area contributed by atoms with Gasteiger partial charge in [-0.15, -0.1) is 0 Å². The number of carbonyl (C=O) groups excluding carboxylic acids is 1. The Hall–Kier alpha value is -3.66. The molecule has 1 amide bonds. The van der Waals surface area contributed by atoms with Crippen molar-refractivity contribution >= 4 is 40.5 Å². The molecule has 184 valence electrons. The second-order valence-electron chi connectivity index (χ2n) is 7.90. The molecule has 0 atom stereocenters. The lowest BCUT2D eigenvalue weighted by Crippen LogP contribution is -2.23. The summed E-state index contributed by atoms with van der Waals surface area (Å²) in [5, 5.41) is 17.8. The molecule has 0 bridgehead atoms. The van der Waals surface area contributed by atoms with Crippen molar-refractivity contribution < 1.29 is 9.53 Å². The number of carbonyl (C=O) groups is 1. The van der Waals surface area contributed by atoms with Crippen LogP contribution in [0, 0.1) is 5.41 Å². The van der Waals surface area contributed by atoms with E-state index in [0.29, 0.717) is 47.0 Å². The normalized spacial score (nSPS) is 10.5. The van der Waals surface area contributed by atoms with Gasteiger partial charge in [-0.05, 0) is 74.1 Å². The van der Waals surface area contributed by atoms with Gasteiger partial charge in [0.2, 0.25) is 0 Å². The van der Waals surface area contributed by atoms with Crippen molar-refractivity contribution in [2.75, 3.05) is 44.5 Å². The molecule has 6 N–H and O–H groups in total. The fourth-order valence-corrected chi connectivity index (χ4v) is 3.21. The van der Waals surface area contributed by atoms with Crippen molar-refractivity contribution in [3.8, 4) is 5.75 Å². The molecule has 1 aromatic heterocycles. The molecule has 35 heavy (non-hydrogen) atoms. The van der Waals surface area contributed by atoms with Crippen LogP contribution in [0.3, 0.4) is 0 Å². The molecule has 2 aromatic carbocycles. The van der Waals surface area contributed by atoms with Gasteiger partial charge in [0, 0.05) is 31.5 Å². The lowest BCUT2D eigenvalue weighted by Gasteiger charge is -2.16. The van der Waals surface area contributed by atoms with Crippen LogP contribution in [0.4, 0.5) is 17.2 Å². The molecule has 3 aromatic rings. The predicted molar refractivity (Wildman–Crippen MR) is 141 cm³/mol. The highest BCUT2D eigenvalue weighted by Crippen LogP contribution is 2.27. The quantitative estimate of drug-likeness (QED) is 0.118. The van der Waals surface area contributed by atoms with Crippen LogP contribution in [0.2, 0.25) is 5.02 Å². The Labute approximate surface area is 210 Å². The highest BCUT2D eigenvalue weighted by Gasteiger charge is 2.15. The molecule has 10 heteroatoms. The maximum Gasteiger partial charge on any atom is 0.259 e. The van der Waals surface area contributed by atoms with Crippen LogP contribution in [-0.2, 0) is 0 Å². The van der Waals surface area contributed by atoms with E-state index < -0.39 is 0 Å². The number of benzene rings is 2. The molecule has 0 aliphatic heterocycles. The number of nitrogens with one attached hydrogen (secondary N) is 4. The second kappa shape index (κ2) is 12.7. The lowest BCUT2D eigenvalue weighted by molar-refractivity contribution is 0.102. The number of ether oxygens (including phenoxy) is 1. The van der Waals surface area contributed by atoms with Crippen LogP contribution in [-0.4, -0.2) is 55.5 Å². The van der Waals surface area contributed by atoms with Crippen LogP contribution in [0.25, 0.3) is 0 Å². The fourth-order valence-electron chi connectivity index (χ4n) is 3.10. The molecule has 3 rings (SSSR count). The van der Waals surface area contributed by atoms with Crippen molar-refractivity contribution in [3.05, 3.63) is 76.9 Å². The first-order valence-corrected chi connectivity index (χ1v) is 11.5. The van der Waals surface area contributed by atoms with Gasteiger partial charge in [-0.2, -0.15) is 0 Å². The van der Waals surface area contributed by atoms with Gasteiger partial charge in [0.05, 0.1) is 16.3 Å². The van der Waals surface area contributed by atoms with E-state index in [1.807, 2.05) is 38.4 Å². The van der Waals surface area contributed by atoms with Crippen molar-refractivity contribution in [1.82, 2.24) is 15.2 Å². The zero-order chi connectivity index (χ0) is 25.2. The van der Waals surface area contributed by atoms with E-state index in [1.165, 1.54) is 6.20 Å². The summed E-state index contributed by atoms with van der Waals surface area (Å²) in [6, 6.07) is 16.0. The van der Waals surface area contributed by atoms with E-state index in [1.54, 1.807) is 35.2 Å². The number of rotatable bonds is 11. The third kappa shape index (κ3) is 7.68. The Morgan fingerprint density at radius 3 is 2.57 bits per heavy atom. The molecular formula is C25H30ClN7O2. The molecule has 0 aliphatic rings. The van der Waals surface area contributed by atoms with E-state index in [0.717, 1.165) is 24.2 Å². The predicted octanol–water partition coefficient (Wildman–Crippen LogP) is 3.89. The third-order valence-electron chi connectivity index (χ3n) is 4.99. The molecule has 0 spiro atoms. The molecule has 0 radical (unpaired) electrons. The van der Waals surface area contributed by atoms with Gasteiger partial charge in [0.15, 0.2) is 0 Å². The molecule has 0 fully saturated rings.